The first-order chi connectivity index (χ1) is 5.86. The minimum atomic E-state index is -0.0348. The lowest BCUT2D eigenvalue weighted by atomic mass is 10.3. The average molecular weight is 204 g/mol. The zero-order valence-corrected chi connectivity index (χ0v) is 8.39. The first kappa shape index (κ1) is 10.6. The summed E-state index contributed by atoms with van der Waals surface area (Å²) in [4.78, 5) is 0. The van der Waals surface area contributed by atoms with Crippen LogP contribution >= 0.6 is 12.4 Å². The molecule has 0 spiro atoms. The fourth-order valence-corrected chi connectivity index (χ4v) is 1.34. The third kappa shape index (κ3) is 2.46. The van der Waals surface area contributed by atoms with Crippen molar-refractivity contribution in [3.8, 4) is 0 Å². The minimum Gasteiger partial charge on any atom is -0.462 e. The van der Waals surface area contributed by atoms with Crippen molar-refractivity contribution >= 4 is 12.4 Å². The molecule has 0 aromatic carbocycles. The molecule has 1 N–H and O–H groups in total. The first-order valence-electron chi connectivity index (χ1n) is 4.27. The Balaban J connectivity index is 0.000000845. The lowest BCUT2D eigenvalue weighted by molar-refractivity contribution is -0.0137. The third-order valence-electron chi connectivity index (χ3n) is 1.95. The largest absolute Gasteiger partial charge is 0.462 e. The predicted octanol–water partition coefficient (Wildman–Crippen LogP) is 2.02. The molecule has 1 aliphatic heterocycles. The Bertz CT molecular complexity index is 256. The van der Waals surface area contributed by atoms with Gasteiger partial charge in [-0.2, -0.15) is 0 Å². The van der Waals surface area contributed by atoms with E-state index in [2.05, 4.69) is 5.32 Å². The molecular weight excluding hydrogens is 190 g/mol. The van der Waals surface area contributed by atoms with Crippen LogP contribution in [0.1, 0.15) is 24.2 Å². The second-order valence-corrected chi connectivity index (χ2v) is 3.01. The highest BCUT2D eigenvalue weighted by molar-refractivity contribution is 5.85. The van der Waals surface area contributed by atoms with E-state index in [-0.39, 0.29) is 18.6 Å². The van der Waals surface area contributed by atoms with Gasteiger partial charge in [-0.3, -0.25) is 5.32 Å². The summed E-state index contributed by atoms with van der Waals surface area (Å²) in [6.45, 7) is 3.76. The fraction of sp³-hybridized carbons (Fsp3) is 0.556. The smallest absolute Gasteiger partial charge is 0.167 e. The molecule has 1 aromatic heterocycles. The maximum absolute atomic E-state index is 5.47. The molecular formula is C9H14ClNO2. The molecule has 1 saturated heterocycles. The van der Waals surface area contributed by atoms with E-state index in [1.54, 1.807) is 0 Å². The molecule has 2 heterocycles. The van der Waals surface area contributed by atoms with E-state index < -0.39 is 0 Å². The van der Waals surface area contributed by atoms with Gasteiger partial charge in [-0.05, 0) is 25.5 Å². The number of rotatable bonds is 1. The van der Waals surface area contributed by atoms with Crippen LogP contribution in [0, 0.1) is 6.92 Å². The number of hydrogen-bond acceptors (Lipinski definition) is 3. The second-order valence-electron chi connectivity index (χ2n) is 3.01. The van der Waals surface area contributed by atoms with Crippen molar-refractivity contribution < 1.29 is 9.15 Å². The van der Waals surface area contributed by atoms with E-state index in [1.807, 2.05) is 19.1 Å². The van der Waals surface area contributed by atoms with Crippen LogP contribution in [-0.2, 0) is 4.74 Å². The van der Waals surface area contributed by atoms with Crippen molar-refractivity contribution in [2.75, 3.05) is 13.2 Å². The van der Waals surface area contributed by atoms with Crippen molar-refractivity contribution in [3.05, 3.63) is 23.7 Å². The topological polar surface area (TPSA) is 34.4 Å². The number of hydrogen-bond donors (Lipinski definition) is 1. The predicted molar refractivity (Wildman–Crippen MR) is 52.0 cm³/mol. The molecule has 1 unspecified atom stereocenters. The second kappa shape index (κ2) is 4.65. The van der Waals surface area contributed by atoms with E-state index in [0.717, 1.165) is 31.1 Å². The molecule has 1 aliphatic rings. The lowest BCUT2D eigenvalue weighted by Crippen LogP contribution is -2.30. The number of furan rings is 1. The van der Waals surface area contributed by atoms with Crippen LogP contribution in [-0.4, -0.2) is 13.2 Å². The van der Waals surface area contributed by atoms with Gasteiger partial charge >= 0.3 is 0 Å². The maximum atomic E-state index is 5.47. The molecule has 1 atom stereocenters. The molecule has 74 valence electrons. The van der Waals surface area contributed by atoms with Gasteiger partial charge in [-0.15, -0.1) is 12.4 Å². The van der Waals surface area contributed by atoms with Crippen molar-refractivity contribution in [2.45, 2.75) is 19.6 Å². The Kier molecular flexibility index (Phi) is 3.78. The fourth-order valence-electron chi connectivity index (χ4n) is 1.34. The van der Waals surface area contributed by atoms with Crippen molar-refractivity contribution in [1.29, 1.82) is 0 Å². The standard InChI is InChI=1S/C9H13NO2.ClH/c1-7-3-4-8(12-7)9-10-5-2-6-11-9;/h3-4,9-10H,2,5-6H2,1H3;1H. The van der Waals surface area contributed by atoms with E-state index in [9.17, 15) is 0 Å². The van der Waals surface area contributed by atoms with Crippen LogP contribution < -0.4 is 5.32 Å². The van der Waals surface area contributed by atoms with Crippen LogP contribution in [0.15, 0.2) is 16.5 Å². The van der Waals surface area contributed by atoms with Crippen LogP contribution in [0.4, 0.5) is 0 Å². The average Bonchev–Trinajstić information content (AvgIpc) is 2.54. The number of ether oxygens (including phenoxy) is 1. The Labute approximate surface area is 83.9 Å². The summed E-state index contributed by atoms with van der Waals surface area (Å²) < 4.78 is 10.9. The Morgan fingerprint density at radius 2 is 2.31 bits per heavy atom. The highest BCUT2D eigenvalue weighted by Crippen LogP contribution is 2.19. The normalized spacial score (nSPS) is 22.4. The van der Waals surface area contributed by atoms with Crippen molar-refractivity contribution in [2.24, 2.45) is 0 Å². The van der Waals surface area contributed by atoms with Gasteiger partial charge in [0.25, 0.3) is 0 Å². The zero-order valence-electron chi connectivity index (χ0n) is 7.58. The molecule has 1 fully saturated rings. The van der Waals surface area contributed by atoms with Crippen LogP contribution in [0.25, 0.3) is 0 Å². The molecule has 4 heteroatoms. The van der Waals surface area contributed by atoms with E-state index in [4.69, 9.17) is 9.15 Å². The van der Waals surface area contributed by atoms with Gasteiger partial charge in [-0.1, -0.05) is 0 Å². The number of aryl methyl sites for hydroxylation is 1. The molecule has 0 aliphatic carbocycles. The van der Waals surface area contributed by atoms with Gasteiger partial charge < -0.3 is 9.15 Å². The van der Waals surface area contributed by atoms with Gasteiger partial charge in [0.15, 0.2) is 6.23 Å². The maximum Gasteiger partial charge on any atom is 0.167 e. The van der Waals surface area contributed by atoms with Gasteiger partial charge in [-0.25, -0.2) is 0 Å². The summed E-state index contributed by atoms with van der Waals surface area (Å²) in [6, 6.07) is 3.91. The van der Waals surface area contributed by atoms with E-state index in [1.165, 1.54) is 0 Å². The van der Waals surface area contributed by atoms with Crippen LogP contribution in [0.2, 0.25) is 0 Å². The molecule has 0 amide bonds. The first-order valence-corrected chi connectivity index (χ1v) is 4.27. The van der Waals surface area contributed by atoms with Gasteiger partial charge in [0.05, 0.1) is 6.61 Å². The molecule has 1 aromatic rings. The SMILES string of the molecule is Cc1ccc(C2NCCCO2)o1.Cl. The summed E-state index contributed by atoms with van der Waals surface area (Å²) in [7, 11) is 0. The Morgan fingerprint density at radius 1 is 1.46 bits per heavy atom. The van der Waals surface area contributed by atoms with Crippen LogP contribution in [0.5, 0.6) is 0 Å². The zero-order chi connectivity index (χ0) is 8.39. The minimum absolute atomic E-state index is 0. The number of halogens is 1. The molecule has 0 saturated carbocycles. The van der Waals surface area contributed by atoms with Gasteiger partial charge in [0.2, 0.25) is 0 Å². The Morgan fingerprint density at radius 3 is 2.85 bits per heavy atom. The third-order valence-corrected chi connectivity index (χ3v) is 1.95. The quantitative estimate of drug-likeness (QED) is 0.759. The van der Waals surface area contributed by atoms with E-state index in [0.29, 0.717) is 0 Å². The van der Waals surface area contributed by atoms with Crippen LogP contribution in [0.3, 0.4) is 0 Å². The van der Waals surface area contributed by atoms with E-state index >= 15 is 0 Å². The molecule has 3 nitrogen and oxygen atoms in total. The Hall–Kier alpha value is -0.510. The summed E-state index contributed by atoms with van der Waals surface area (Å²) >= 11 is 0. The molecule has 13 heavy (non-hydrogen) atoms. The van der Waals surface area contributed by atoms with Crippen molar-refractivity contribution in [3.63, 3.8) is 0 Å². The summed E-state index contributed by atoms with van der Waals surface area (Å²) in [6.07, 6.45) is 1.04. The lowest BCUT2D eigenvalue weighted by Gasteiger charge is -2.21. The van der Waals surface area contributed by atoms with Gasteiger partial charge in [0, 0.05) is 6.54 Å². The highest BCUT2D eigenvalue weighted by atomic mass is 35.5. The molecule has 0 radical (unpaired) electrons. The molecule has 2 rings (SSSR count). The van der Waals surface area contributed by atoms with Crippen molar-refractivity contribution in [1.82, 2.24) is 5.32 Å². The number of nitrogens with one attached hydrogen (secondary N) is 1. The monoisotopic (exact) mass is 203 g/mol. The van der Waals surface area contributed by atoms with Gasteiger partial charge in [0.1, 0.15) is 11.5 Å². The summed E-state index contributed by atoms with van der Waals surface area (Å²) in [5.74, 6) is 1.81. The summed E-state index contributed by atoms with van der Waals surface area (Å²) in [5, 5.41) is 3.23. The highest BCUT2D eigenvalue weighted by Gasteiger charge is 2.17. The summed E-state index contributed by atoms with van der Waals surface area (Å²) in [5.41, 5.74) is 0. The molecule has 0 bridgehead atoms.